The fourth-order valence-corrected chi connectivity index (χ4v) is 9.92. The van der Waals surface area contributed by atoms with Crippen LogP contribution in [0.25, 0.3) is 0 Å². The van der Waals surface area contributed by atoms with E-state index in [9.17, 15) is 84.5 Å². The van der Waals surface area contributed by atoms with Gasteiger partial charge in [-0.25, -0.2) is 4.79 Å². The van der Waals surface area contributed by atoms with Gasteiger partial charge in [-0.3, -0.25) is 0 Å². The number of halogens is 17. The first-order chi connectivity index (χ1) is 25.7. The maximum Gasteiger partial charge on any atom is 0.460 e. The summed E-state index contributed by atoms with van der Waals surface area (Å²) in [7, 11) is -3.93. The van der Waals surface area contributed by atoms with Crippen molar-refractivity contribution >= 4 is 14.3 Å². The van der Waals surface area contributed by atoms with Crippen LogP contribution in [0.2, 0.25) is 17.1 Å². The van der Waals surface area contributed by atoms with E-state index in [-0.39, 0.29) is 25.4 Å². The molecule has 0 amide bonds. The molecule has 23 heteroatoms. The molecule has 1 aromatic carbocycles. The molecule has 0 radical (unpaired) electrons. The van der Waals surface area contributed by atoms with Gasteiger partial charge in [0.15, 0.2) is 8.32 Å². The van der Waals surface area contributed by atoms with Crippen LogP contribution in [0, 0.1) is 0 Å². The van der Waals surface area contributed by atoms with Crippen molar-refractivity contribution in [1.82, 2.24) is 0 Å². The van der Waals surface area contributed by atoms with Gasteiger partial charge in [0.2, 0.25) is 0 Å². The number of ether oxygens (including phenoxy) is 2. The van der Waals surface area contributed by atoms with E-state index in [0.29, 0.717) is 12.0 Å². The molecule has 0 aliphatic heterocycles. The molecule has 1 N–H and O–H groups in total. The molecule has 0 unspecified atom stereocenters. The van der Waals surface area contributed by atoms with Gasteiger partial charge >= 0.3 is 53.6 Å². The molecule has 1 aromatic rings. The second kappa shape index (κ2) is 18.9. The first-order valence-corrected chi connectivity index (χ1v) is 19.2. The third kappa shape index (κ3) is 10.8. The summed E-state index contributed by atoms with van der Waals surface area (Å²) < 4.78 is 250. The molecule has 0 saturated heterocycles. The molecule has 0 aliphatic carbocycles. The third-order valence-corrected chi connectivity index (χ3v) is 14.6. The lowest BCUT2D eigenvalue weighted by Crippen LogP contribution is -2.74. The highest BCUT2D eigenvalue weighted by Crippen LogP contribution is 2.64. The minimum absolute atomic E-state index is 0.185. The second-order valence-corrected chi connectivity index (χ2v) is 18.3. The summed E-state index contributed by atoms with van der Waals surface area (Å²) in [6, 6.07) is 4.54. The zero-order valence-corrected chi connectivity index (χ0v) is 31.8. The highest BCUT2D eigenvalue weighted by Gasteiger charge is 2.95. The third-order valence-electron chi connectivity index (χ3n) is 8.93. The number of alkyl halides is 17. The molecule has 1 atom stereocenters. The molecule has 1 rings (SSSR count). The molecule has 330 valence electrons. The average molecular weight is 881 g/mol. The molecule has 57 heavy (non-hydrogen) atoms. The summed E-state index contributed by atoms with van der Waals surface area (Å²) in [5, 5.41) is 10.4. The topological polar surface area (TPSA) is 65.0 Å². The predicted octanol–water partition coefficient (Wildman–Crippen LogP) is 11.7. The Labute approximate surface area is 317 Å². The Balaban J connectivity index is 3.10. The lowest BCUT2D eigenvalue weighted by atomic mass is 9.88. The number of allylic oxidation sites excluding steroid dienone is 3. The highest BCUT2D eigenvalue weighted by molar-refractivity contribution is 6.76. The molecule has 0 saturated carbocycles. The Morgan fingerprint density at radius 1 is 0.702 bits per heavy atom. The van der Waals surface area contributed by atoms with E-state index >= 15 is 0 Å². The Morgan fingerprint density at radius 3 is 1.63 bits per heavy atom. The van der Waals surface area contributed by atoms with Crippen LogP contribution in [0.3, 0.4) is 0 Å². The van der Waals surface area contributed by atoms with Crippen LogP contribution in [-0.2, 0) is 14.0 Å². The number of benzene rings is 1. The highest BCUT2D eigenvalue weighted by atomic mass is 28.4. The van der Waals surface area contributed by atoms with E-state index < -0.39 is 98.2 Å². The average Bonchev–Trinajstić information content (AvgIpc) is 3.08. The van der Waals surface area contributed by atoms with Crippen molar-refractivity contribution < 1.29 is 98.4 Å². The molecule has 0 heterocycles. The van der Waals surface area contributed by atoms with Gasteiger partial charge in [-0.2, -0.15) is 74.6 Å². The zero-order chi connectivity index (χ0) is 44.7. The number of rotatable bonds is 23. The Morgan fingerprint density at radius 2 is 1.18 bits per heavy atom. The molecular weight excluding hydrogens is 839 g/mol. The number of hydrogen-bond donors (Lipinski definition) is 1. The smallest absolute Gasteiger partial charge is 0.460 e. The summed E-state index contributed by atoms with van der Waals surface area (Å²) in [5.41, 5.74) is -1.22. The van der Waals surface area contributed by atoms with E-state index in [1.807, 2.05) is 0 Å². The van der Waals surface area contributed by atoms with Crippen LogP contribution < -0.4 is 4.74 Å². The molecular formula is C34H41F17O5Si. The van der Waals surface area contributed by atoms with Crippen molar-refractivity contribution in [3.63, 3.8) is 0 Å². The summed E-state index contributed by atoms with van der Waals surface area (Å²) in [6.07, 6.45) is -4.63. The van der Waals surface area contributed by atoms with Gasteiger partial charge in [0.1, 0.15) is 12.4 Å². The lowest BCUT2D eigenvalue weighted by Gasteiger charge is -2.44. The van der Waals surface area contributed by atoms with Crippen molar-refractivity contribution in [3.05, 3.63) is 54.1 Å². The van der Waals surface area contributed by atoms with E-state index in [0.717, 1.165) is 0 Å². The summed E-state index contributed by atoms with van der Waals surface area (Å²) in [5.74, 6) is -57.0. The minimum atomic E-state index is -8.68. The van der Waals surface area contributed by atoms with Gasteiger partial charge in [-0.15, -0.1) is 0 Å². The molecule has 0 bridgehead atoms. The van der Waals surface area contributed by atoms with Gasteiger partial charge in [0, 0.05) is 12.5 Å². The van der Waals surface area contributed by atoms with Crippen molar-refractivity contribution in [1.29, 1.82) is 0 Å². The quantitative estimate of drug-likeness (QED) is 0.0296. The van der Waals surface area contributed by atoms with Gasteiger partial charge in [-0.05, 0) is 54.6 Å². The largest absolute Gasteiger partial charge is 0.491 e. The van der Waals surface area contributed by atoms with Crippen molar-refractivity contribution in [2.45, 2.75) is 125 Å². The molecule has 5 nitrogen and oxygen atoms in total. The second-order valence-electron chi connectivity index (χ2n) is 13.3. The van der Waals surface area contributed by atoms with E-state index in [4.69, 9.17) is 13.9 Å². The number of carbonyl (C=O) groups excluding carboxylic acids is 1. The maximum atomic E-state index is 14.8. The van der Waals surface area contributed by atoms with Crippen molar-refractivity contribution in [2.24, 2.45) is 0 Å². The van der Waals surface area contributed by atoms with E-state index in [1.165, 1.54) is 64.1 Å². The van der Waals surface area contributed by atoms with Crippen molar-refractivity contribution in [3.8, 4) is 5.75 Å². The maximum absolute atomic E-state index is 14.8. The molecule has 0 fully saturated rings. The Kier molecular flexibility index (Phi) is 17.2. The fraction of sp³-hybridized carbons (Fsp3) is 0.676. The number of hydrogen-bond acceptors (Lipinski definition) is 5. The summed E-state index contributed by atoms with van der Waals surface area (Å²) >= 11 is 0. The van der Waals surface area contributed by atoms with Gasteiger partial charge in [0.05, 0.1) is 19.3 Å². The lowest BCUT2D eigenvalue weighted by molar-refractivity contribution is -0.461. The minimum Gasteiger partial charge on any atom is -0.491 e. The fourth-order valence-electron chi connectivity index (χ4n) is 5.45. The monoisotopic (exact) mass is 880 g/mol. The number of aliphatic hydroxyl groups is 1. The van der Waals surface area contributed by atoms with Gasteiger partial charge < -0.3 is 19.0 Å². The van der Waals surface area contributed by atoms with Crippen molar-refractivity contribution in [2.75, 3.05) is 19.8 Å². The number of carbonyl (C=O) groups is 1. The zero-order valence-electron chi connectivity index (χ0n) is 30.8. The van der Waals surface area contributed by atoms with E-state index in [1.54, 1.807) is 19.1 Å². The Bertz CT molecular complexity index is 1490. The normalized spacial score (nSPS) is 15.3. The first kappa shape index (κ1) is 51.9. The van der Waals surface area contributed by atoms with Crippen LogP contribution in [0.15, 0.2) is 48.6 Å². The van der Waals surface area contributed by atoms with Crippen LogP contribution in [0.1, 0.15) is 65.5 Å². The van der Waals surface area contributed by atoms with Gasteiger partial charge in [-0.1, -0.05) is 58.1 Å². The Hall–Kier alpha value is -3.08. The van der Waals surface area contributed by atoms with Gasteiger partial charge in [0.25, 0.3) is 0 Å². The summed E-state index contributed by atoms with van der Waals surface area (Å²) in [6.45, 7) is 6.34. The molecule has 0 aromatic heterocycles. The number of esters is 1. The van der Waals surface area contributed by atoms with Crippen LogP contribution in [0.5, 0.6) is 5.75 Å². The molecule has 0 aliphatic rings. The number of aliphatic hydroxyl groups excluding tert-OH is 1. The van der Waals surface area contributed by atoms with E-state index in [2.05, 4.69) is 0 Å². The summed E-state index contributed by atoms with van der Waals surface area (Å²) in [4.78, 5) is 11.2. The SMILES string of the molecule is CCOC(=O)/C=C/C=C/CC[C@H](O)c1ccc(OCCO[Si](CCC(F)(F)C(F)(F)C(F)(F)C(F)(F)C(F)(F)C(F)(F)C(F)(F)C(F)(F)F)(C(C)C)C(C)C)cc1. The van der Waals surface area contributed by atoms with Crippen LogP contribution in [0.4, 0.5) is 74.6 Å². The molecule has 0 spiro atoms. The van der Waals surface area contributed by atoms with Crippen LogP contribution >= 0.6 is 0 Å². The predicted molar refractivity (Wildman–Crippen MR) is 173 cm³/mol. The standard InChI is InChI=1S/C34H41F17O5Si/c1-6-54-26(53)12-10-8-7-9-11-25(52)23-13-15-24(16-14-23)55-18-19-56-57(21(2)3,22(4)5)20-17-27(35,36)28(37,38)29(39,40)30(41,42)31(43,44)32(45,46)33(47,48)34(49,50)51/h7-8,10,12-16,21-22,25,52H,6,9,11,17-20H2,1-5H3/b8-7+,12-10+/t25-/m0/s1. The van der Waals surface area contributed by atoms with Crippen LogP contribution in [-0.4, -0.2) is 86.8 Å². The first-order valence-electron chi connectivity index (χ1n) is 16.9.